The number of phenols is 1. The number of carbonyl (C=O) groups is 4. The molecular formula is C31H35N5O5. The fraction of sp³-hybridized carbons (Fsp3) is 0.290. The molecule has 1 saturated heterocycles. The molecule has 0 bridgehead atoms. The van der Waals surface area contributed by atoms with Crippen LogP contribution in [-0.4, -0.2) is 58.3 Å². The number of amides is 4. The van der Waals surface area contributed by atoms with Gasteiger partial charge < -0.3 is 32.1 Å². The molecule has 1 aliphatic rings. The maximum Gasteiger partial charge on any atom is 0.244 e. The first kappa shape index (κ1) is 29.3. The Hall–Kier alpha value is -4.70. The summed E-state index contributed by atoms with van der Waals surface area (Å²) in [5.41, 5.74) is 13.9. The second-order valence-electron chi connectivity index (χ2n) is 10.2. The summed E-state index contributed by atoms with van der Waals surface area (Å²) in [5.74, 6) is -2.03. The van der Waals surface area contributed by atoms with Crippen LogP contribution in [0.2, 0.25) is 0 Å². The lowest BCUT2D eigenvalue weighted by Crippen LogP contribution is -2.56. The van der Waals surface area contributed by atoms with Crippen molar-refractivity contribution in [2.75, 3.05) is 6.54 Å². The summed E-state index contributed by atoms with van der Waals surface area (Å²) in [5, 5.41) is 15.0. The second-order valence-corrected chi connectivity index (χ2v) is 10.2. The number of rotatable bonds is 11. The van der Waals surface area contributed by atoms with Crippen LogP contribution in [0.4, 0.5) is 0 Å². The van der Waals surface area contributed by atoms with Crippen molar-refractivity contribution in [2.24, 2.45) is 11.5 Å². The number of nitrogens with two attached hydrogens (primary N) is 2. The molecule has 0 radical (unpaired) electrons. The molecule has 4 rings (SSSR count). The van der Waals surface area contributed by atoms with Gasteiger partial charge in [0.2, 0.25) is 23.6 Å². The Labute approximate surface area is 238 Å². The van der Waals surface area contributed by atoms with E-state index in [0.717, 1.165) is 11.1 Å². The largest absolute Gasteiger partial charge is 0.508 e. The number of hydrogen-bond donors (Lipinski definition) is 5. The fourth-order valence-corrected chi connectivity index (χ4v) is 5.02. The molecule has 3 aromatic carbocycles. The number of carbonyl (C=O) groups excluding carboxylic acids is 4. The van der Waals surface area contributed by atoms with Crippen LogP contribution in [0.5, 0.6) is 5.75 Å². The quantitative estimate of drug-likeness (QED) is 0.238. The summed E-state index contributed by atoms with van der Waals surface area (Å²) < 4.78 is 0. The van der Waals surface area contributed by atoms with Crippen molar-refractivity contribution in [1.29, 1.82) is 0 Å². The predicted octanol–water partition coefficient (Wildman–Crippen LogP) is 1.32. The lowest BCUT2D eigenvalue weighted by atomic mass is 10.0. The monoisotopic (exact) mass is 557 g/mol. The van der Waals surface area contributed by atoms with Gasteiger partial charge in [-0.1, -0.05) is 72.8 Å². The standard InChI is InChI=1S/C31H35N5O5/c32-24(18-21-13-15-23(37)16-14-21)31(41)36-17-7-12-26(36)30(40)34-25(19-20-8-3-1-4-9-20)29(39)35-27(28(33)38)22-10-5-2-6-11-22/h1-6,8-11,13-16,24-27,37H,7,12,17-19,32H2,(H2,33,38)(H,34,40)(H,35,39)/t24-,25-,26-,27-/m0/s1. The van der Waals surface area contributed by atoms with Gasteiger partial charge in [-0.2, -0.15) is 0 Å². The molecule has 1 heterocycles. The summed E-state index contributed by atoms with van der Waals surface area (Å²) in [4.78, 5) is 54.0. The lowest BCUT2D eigenvalue weighted by Gasteiger charge is -2.29. The molecule has 4 amide bonds. The van der Waals surface area contributed by atoms with Crippen molar-refractivity contribution < 1.29 is 24.3 Å². The van der Waals surface area contributed by atoms with Gasteiger partial charge in [0, 0.05) is 13.0 Å². The number of phenolic OH excluding ortho intramolecular Hbond substituents is 1. The van der Waals surface area contributed by atoms with E-state index in [4.69, 9.17) is 11.5 Å². The SMILES string of the molecule is NC(=O)[C@@H](NC(=O)[C@H](Cc1ccccc1)NC(=O)[C@@H]1CCCN1C(=O)[C@@H](N)Cc1ccc(O)cc1)c1ccccc1. The van der Waals surface area contributed by atoms with Crippen molar-refractivity contribution in [3.05, 3.63) is 102 Å². The minimum absolute atomic E-state index is 0.116. The Bertz CT molecular complexity index is 1350. The normalized spacial score (nSPS) is 16.8. The topological polar surface area (TPSA) is 168 Å². The number of benzene rings is 3. The van der Waals surface area contributed by atoms with Crippen molar-refractivity contribution in [2.45, 2.75) is 49.9 Å². The molecule has 1 fully saturated rings. The molecule has 0 saturated carbocycles. The van der Waals surface area contributed by atoms with Gasteiger partial charge in [0.05, 0.1) is 6.04 Å². The van der Waals surface area contributed by atoms with E-state index < -0.39 is 41.9 Å². The van der Waals surface area contributed by atoms with Crippen LogP contribution >= 0.6 is 0 Å². The zero-order valence-corrected chi connectivity index (χ0v) is 22.6. The molecule has 7 N–H and O–H groups in total. The van der Waals surface area contributed by atoms with Crippen molar-refractivity contribution in [3.63, 3.8) is 0 Å². The highest BCUT2D eigenvalue weighted by Crippen LogP contribution is 2.21. The molecule has 0 unspecified atom stereocenters. The number of nitrogens with one attached hydrogen (secondary N) is 2. The Balaban J connectivity index is 1.48. The molecule has 0 spiro atoms. The smallest absolute Gasteiger partial charge is 0.244 e. The van der Waals surface area contributed by atoms with E-state index in [1.54, 1.807) is 42.5 Å². The maximum atomic E-state index is 13.5. The number of primary amides is 1. The van der Waals surface area contributed by atoms with Crippen molar-refractivity contribution in [3.8, 4) is 5.75 Å². The Kier molecular flexibility index (Phi) is 9.70. The number of nitrogens with zero attached hydrogens (tertiary/aromatic N) is 1. The Morgan fingerprint density at radius 1 is 0.854 bits per heavy atom. The number of hydrogen-bond acceptors (Lipinski definition) is 6. The zero-order chi connectivity index (χ0) is 29.4. The molecule has 1 aliphatic heterocycles. The maximum absolute atomic E-state index is 13.5. The highest BCUT2D eigenvalue weighted by Gasteiger charge is 2.38. The molecular weight excluding hydrogens is 522 g/mol. The van der Waals surface area contributed by atoms with Gasteiger partial charge in [0.25, 0.3) is 0 Å². The number of aromatic hydroxyl groups is 1. The summed E-state index contributed by atoms with van der Waals surface area (Å²) in [7, 11) is 0. The van der Waals surface area contributed by atoms with Crippen LogP contribution < -0.4 is 22.1 Å². The molecule has 4 atom stereocenters. The highest BCUT2D eigenvalue weighted by atomic mass is 16.3. The van der Waals surface area contributed by atoms with E-state index in [9.17, 15) is 24.3 Å². The molecule has 0 aliphatic carbocycles. The molecule has 10 nitrogen and oxygen atoms in total. The van der Waals surface area contributed by atoms with E-state index in [1.165, 1.54) is 17.0 Å². The van der Waals surface area contributed by atoms with Crippen molar-refractivity contribution in [1.82, 2.24) is 15.5 Å². The van der Waals surface area contributed by atoms with E-state index in [1.807, 2.05) is 30.3 Å². The summed E-state index contributed by atoms with van der Waals surface area (Å²) in [6.07, 6.45) is 1.46. The van der Waals surface area contributed by atoms with Gasteiger partial charge in [0.15, 0.2) is 0 Å². The van der Waals surface area contributed by atoms with Crippen LogP contribution in [0.3, 0.4) is 0 Å². The van der Waals surface area contributed by atoms with Gasteiger partial charge in [-0.3, -0.25) is 19.2 Å². The van der Waals surface area contributed by atoms with Crippen LogP contribution in [0.15, 0.2) is 84.9 Å². The zero-order valence-electron chi connectivity index (χ0n) is 22.6. The molecule has 0 aromatic heterocycles. The first-order valence-electron chi connectivity index (χ1n) is 13.6. The summed E-state index contributed by atoms with van der Waals surface area (Å²) in [6.45, 7) is 0.369. The second kappa shape index (κ2) is 13.6. The third-order valence-corrected chi connectivity index (χ3v) is 7.17. The van der Waals surface area contributed by atoms with Crippen LogP contribution in [0, 0.1) is 0 Å². The van der Waals surface area contributed by atoms with Gasteiger partial charge in [0.1, 0.15) is 23.9 Å². The minimum Gasteiger partial charge on any atom is -0.508 e. The third kappa shape index (κ3) is 7.70. The van der Waals surface area contributed by atoms with E-state index in [0.29, 0.717) is 24.9 Å². The van der Waals surface area contributed by atoms with Gasteiger partial charge in [-0.25, -0.2) is 0 Å². The summed E-state index contributed by atoms with van der Waals surface area (Å²) in [6, 6.07) is 20.5. The average molecular weight is 558 g/mol. The molecule has 3 aromatic rings. The predicted molar refractivity (Wildman–Crippen MR) is 153 cm³/mol. The minimum atomic E-state index is -1.08. The van der Waals surface area contributed by atoms with Crippen LogP contribution in [-0.2, 0) is 32.0 Å². The summed E-state index contributed by atoms with van der Waals surface area (Å²) >= 11 is 0. The average Bonchev–Trinajstić information content (AvgIpc) is 3.47. The van der Waals surface area contributed by atoms with Gasteiger partial charge in [-0.15, -0.1) is 0 Å². The van der Waals surface area contributed by atoms with Crippen LogP contribution in [0.25, 0.3) is 0 Å². The van der Waals surface area contributed by atoms with E-state index >= 15 is 0 Å². The highest BCUT2D eigenvalue weighted by molar-refractivity contribution is 5.95. The molecule has 214 valence electrons. The third-order valence-electron chi connectivity index (χ3n) is 7.17. The Morgan fingerprint density at radius 3 is 2.10 bits per heavy atom. The van der Waals surface area contributed by atoms with Crippen LogP contribution in [0.1, 0.15) is 35.6 Å². The first-order valence-corrected chi connectivity index (χ1v) is 13.6. The van der Waals surface area contributed by atoms with Gasteiger partial charge >= 0.3 is 0 Å². The Morgan fingerprint density at radius 2 is 1.46 bits per heavy atom. The first-order chi connectivity index (χ1) is 19.7. The van der Waals surface area contributed by atoms with E-state index in [2.05, 4.69) is 10.6 Å². The number of likely N-dealkylation sites (tertiary alicyclic amines) is 1. The fourth-order valence-electron chi connectivity index (χ4n) is 5.02. The van der Waals surface area contributed by atoms with E-state index in [-0.39, 0.29) is 24.5 Å². The molecule has 41 heavy (non-hydrogen) atoms. The van der Waals surface area contributed by atoms with Crippen molar-refractivity contribution >= 4 is 23.6 Å². The molecule has 10 heteroatoms. The van der Waals surface area contributed by atoms with Gasteiger partial charge in [-0.05, 0) is 48.1 Å². The lowest BCUT2D eigenvalue weighted by molar-refractivity contribution is -0.140.